The van der Waals surface area contributed by atoms with Gasteiger partial charge in [-0.2, -0.15) is 0 Å². The van der Waals surface area contributed by atoms with E-state index in [4.69, 9.17) is 26.1 Å². The van der Waals surface area contributed by atoms with Crippen molar-refractivity contribution in [1.82, 2.24) is 0 Å². The highest BCUT2D eigenvalue weighted by Crippen LogP contribution is 2.14. The molecule has 0 spiro atoms. The predicted molar refractivity (Wildman–Crippen MR) is 91.2 cm³/mol. The van der Waals surface area contributed by atoms with E-state index < -0.39 is 18.2 Å². The Labute approximate surface area is 147 Å². The van der Waals surface area contributed by atoms with Gasteiger partial charge in [0.2, 0.25) is 6.29 Å². The summed E-state index contributed by atoms with van der Waals surface area (Å²) >= 11 is 5.50. The second kappa shape index (κ2) is 11.6. The summed E-state index contributed by atoms with van der Waals surface area (Å²) in [7, 11) is 0. The molecule has 1 atom stereocenters. The van der Waals surface area contributed by atoms with Gasteiger partial charge in [0.1, 0.15) is 5.03 Å². The van der Waals surface area contributed by atoms with Crippen molar-refractivity contribution in [2.75, 3.05) is 0 Å². The first-order valence-electron chi connectivity index (χ1n) is 8.02. The van der Waals surface area contributed by atoms with Gasteiger partial charge in [-0.1, -0.05) is 69.0 Å². The molecule has 0 fully saturated rings. The number of hydrogen-bond donors (Lipinski definition) is 0. The molecular weight excluding hydrogens is 332 g/mol. The summed E-state index contributed by atoms with van der Waals surface area (Å²) in [5, 5.41) is -0.260. The molecule has 1 aromatic carbocycles. The standard InChI is InChI=1S/C18H23ClO5/c1-3-4-5-6-10-13-16(22-17(20)14(2)19)23-24-18(21)15-11-8-7-9-12-15/h7-9,11-12,16H,2-6,10,13H2,1H3. The molecule has 0 aromatic heterocycles. The summed E-state index contributed by atoms with van der Waals surface area (Å²) in [6.45, 7) is 5.43. The Morgan fingerprint density at radius 2 is 1.79 bits per heavy atom. The van der Waals surface area contributed by atoms with E-state index in [1.807, 2.05) is 0 Å². The van der Waals surface area contributed by atoms with Crippen molar-refractivity contribution in [3.8, 4) is 0 Å². The van der Waals surface area contributed by atoms with Crippen LogP contribution in [0.5, 0.6) is 0 Å². The molecule has 1 unspecified atom stereocenters. The zero-order valence-electron chi connectivity index (χ0n) is 13.8. The minimum atomic E-state index is -1.01. The highest BCUT2D eigenvalue weighted by Gasteiger charge is 2.20. The van der Waals surface area contributed by atoms with Gasteiger partial charge in [0, 0.05) is 6.42 Å². The Morgan fingerprint density at radius 1 is 1.12 bits per heavy atom. The van der Waals surface area contributed by atoms with Crippen LogP contribution in [-0.4, -0.2) is 18.2 Å². The van der Waals surface area contributed by atoms with Gasteiger partial charge in [0.05, 0.1) is 5.56 Å². The van der Waals surface area contributed by atoms with Crippen LogP contribution < -0.4 is 0 Å². The summed E-state index contributed by atoms with van der Waals surface area (Å²) in [6.07, 6.45) is 4.50. The number of esters is 1. The molecule has 1 aromatic rings. The minimum Gasteiger partial charge on any atom is -0.428 e. The molecule has 0 aliphatic carbocycles. The Balaban J connectivity index is 2.49. The molecule has 0 saturated heterocycles. The maximum atomic E-state index is 11.9. The van der Waals surface area contributed by atoms with Gasteiger partial charge in [0.25, 0.3) is 0 Å². The Bertz CT molecular complexity index is 529. The van der Waals surface area contributed by atoms with E-state index in [0.717, 1.165) is 32.1 Å². The second-order valence-electron chi connectivity index (χ2n) is 5.28. The molecule has 0 radical (unpaired) electrons. The normalized spacial score (nSPS) is 11.6. The third kappa shape index (κ3) is 8.13. The van der Waals surface area contributed by atoms with Gasteiger partial charge in [-0.05, 0) is 18.6 Å². The van der Waals surface area contributed by atoms with Crippen molar-refractivity contribution < 1.29 is 24.1 Å². The number of unbranched alkanes of at least 4 members (excludes halogenated alkanes) is 4. The largest absolute Gasteiger partial charge is 0.428 e. The smallest absolute Gasteiger partial charge is 0.373 e. The zero-order valence-corrected chi connectivity index (χ0v) is 14.6. The van der Waals surface area contributed by atoms with Crippen molar-refractivity contribution in [3.05, 3.63) is 47.5 Å². The van der Waals surface area contributed by atoms with Gasteiger partial charge >= 0.3 is 11.9 Å². The van der Waals surface area contributed by atoms with E-state index in [1.165, 1.54) is 0 Å². The van der Waals surface area contributed by atoms with Crippen LogP contribution >= 0.6 is 11.6 Å². The number of carbonyl (C=O) groups excluding carboxylic acids is 2. The average molecular weight is 355 g/mol. The summed E-state index contributed by atoms with van der Waals surface area (Å²) in [5.74, 6) is -1.46. The van der Waals surface area contributed by atoms with E-state index in [0.29, 0.717) is 12.0 Å². The molecule has 0 saturated carbocycles. The quantitative estimate of drug-likeness (QED) is 0.143. The molecule has 132 valence electrons. The van der Waals surface area contributed by atoms with E-state index in [9.17, 15) is 9.59 Å². The molecule has 0 bridgehead atoms. The second-order valence-corrected chi connectivity index (χ2v) is 5.73. The van der Waals surface area contributed by atoms with Crippen LogP contribution in [0.1, 0.15) is 55.8 Å². The van der Waals surface area contributed by atoms with Gasteiger partial charge in [-0.15, -0.1) is 4.89 Å². The predicted octanol–water partition coefficient (Wildman–Crippen LogP) is 4.76. The van der Waals surface area contributed by atoms with Gasteiger partial charge in [0.15, 0.2) is 0 Å². The van der Waals surface area contributed by atoms with Crippen molar-refractivity contribution in [3.63, 3.8) is 0 Å². The molecule has 0 aliphatic rings. The maximum absolute atomic E-state index is 11.9. The van der Waals surface area contributed by atoms with Gasteiger partial charge in [-0.3, -0.25) is 4.89 Å². The highest BCUT2D eigenvalue weighted by atomic mass is 35.5. The number of ether oxygens (including phenoxy) is 1. The van der Waals surface area contributed by atoms with Crippen molar-refractivity contribution in [2.24, 2.45) is 0 Å². The fourth-order valence-electron chi connectivity index (χ4n) is 1.94. The van der Waals surface area contributed by atoms with Crippen molar-refractivity contribution in [1.29, 1.82) is 0 Å². The number of carbonyl (C=O) groups is 2. The van der Waals surface area contributed by atoms with E-state index >= 15 is 0 Å². The van der Waals surface area contributed by atoms with E-state index in [2.05, 4.69) is 13.5 Å². The Morgan fingerprint density at radius 3 is 2.42 bits per heavy atom. The molecule has 6 heteroatoms. The zero-order chi connectivity index (χ0) is 17.8. The van der Waals surface area contributed by atoms with Crippen LogP contribution in [0.2, 0.25) is 0 Å². The Kier molecular flexibility index (Phi) is 9.80. The highest BCUT2D eigenvalue weighted by molar-refractivity contribution is 6.40. The third-order valence-corrected chi connectivity index (χ3v) is 3.40. The average Bonchev–Trinajstić information content (AvgIpc) is 2.59. The first-order valence-corrected chi connectivity index (χ1v) is 8.40. The molecule has 0 N–H and O–H groups in total. The van der Waals surface area contributed by atoms with Crippen LogP contribution in [0.3, 0.4) is 0 Å². The SMILES string of the molecule is C=C(Cl)C(=O)OC(CCCCCCC)OOC(=O)c1ccccc1. The molecule has 0 heterocycles. The van der Waals surface area contributed by atoms with Crippen LogP contribution in [0.4, 0.5) is 0 Å². The fraction of sp³-hybridized carbons (Fsp3) is 0.444. The molecule has 0 amide bonds. The minimum absolute atomic E-state index is 0.260. The van der Waals surface area contributed by atoms with Crippen LogP contribution in [0, 0.1) is 0 Å². The first kappa shape index (κ1) is 20.2. The van der Waals surface area contributed by atoms with E-state index in [-0.39, 0.29) is 5.03 Å². The maximum Gasteiger partial charge on any atom is 0.373 e. The lowest BCUT2D eigenvalue weighted by Gasteiger charge is -2.16. The summed E-state index contributed by atoms with van der Waals surface area (Å²) in [6, 6.07) is 8.39. The number of halogens is 1. The van der Waals surface area contributed by atoms with Crippen LogP contribution in [0.15, 0.2) is 41.9 Å². The lowest BCUT2D eigenvalue weighted by Crippen LogP contribution is -2.23. The van der Waals surface area contributed by atoms with Gasteiger partial charge < -0.3 is 4.74 Å². The summed E-state index contributed by atoms with van der Waals surface area (Å²) in [5.41, 5.74) is 0.340. The summed E-state index contributed by atoms with van der Waals surface area (Å²) in [4.78, 5) is 33.1. The van der Waals surface area contributed by atoms with Gasteiger partial charge in [-0.25, -0.2) is 9.59 Å². The van der Waals surface area contributed by atoms with Crippen LogP contribution in [-0.2, 0) is 19.3 Å². The van der Waals surface area contributed by atoms with Crippen molar-refractivity contribution >= 4 is 23.5 Å². The van der Waals surface area contributed by atoms with E-state index in [1.54, 1.807) is 30.3 Å². The molecular formula is C18H23ClO5. The number of rotatable bonds is 11. The fourth-order valence-corrected chi connectivity index (χ4v) is 1.99. The lowest BCUT2D eigenvalue weighted by atomic mass is 10.1. The Hall–Kier alpha value is -1.85. The number of benzene rings is 1. The first-order chi connectivity index (χ1) is 11.5. The third-order valence-electron chi connectivity index (χ3n) is 3.24. The topological polar surface area (TPSA) is 61.8 Å². The summed E-state index contributed by atoms with van der Waals surface area (Å²) < 4.78 is 5.03. The van der Waals surface area contributed by atoms with Crippen molar-refractivity contribution in [2.45, 2.75) is 51.7 Å². The molecule has 24 heavy (non-hydrogen) atoms. The molecule has 0 aliphatic heterocycles. The number of hydrogen-bond acceptors (Lipinski definition) is 5. The lowest BCUT2D eigenvalue weighted by molar-refractivity contribution is -0.331. The van der Waals surface area contributed by atoms with Crippen LogP contribution in [0.25, 0.3) is 0 Å². The molecule has 5 nitrogen and oxygen atoms in total. The molecule has 1 rings (SSSR count). The monoisotopic (exact) mass is 354 g/mol.